The predicted octanol–water partition coefficient (Wildman–Crippen LogP) is 2.47. The Kier molecular flexibility index (Phi) is 8.26. The van der Waals surface area contributed by atoms with Crippen LogP contribution in [0.3, 0.4) is 0 Å². The number of benzene rings is 1. The Labute approximate surface area is 164 Å². The van der Waals surface area contributed by atoms with Crippen LogP contribution in [-0.4, -0.2) is 61.8 Å². The second-order valence-corrected chi connectivity index (χ2v) is 9.06. The van der Waals surface area contributed by atoms with Crippen LogP contribution < -0.4 is 5.32 Å². The molecule has 1 aromatic carbocycles. The average molecular weight is 396 g/mol. The fourth-order valence-corrected chi connectivity index (χ4v) is 5.27. The van der Waals surface area contributed by atoms with Crippen molar-refractivity contribution in [1.82, 2.24) is 14.5 Å². The van der Waals surface area contributed by atoms with E-state index in [4.69, 9.17) is 0 Å². The molecule has 1 amide bonds. The molecule has 2 unspecified atom stereocenters. The van der Waals surface area contributed by atoms with Crippen LogP contribution in [0.4, 0.5) is 0 Å². The number of rotatable bonds is 10. The van der Waals surface area contributed by atoms with Crippen molar-refractivity contribution in [2.45, 2.75) is 63.4 Å². The zero-order chi connectivity index (χ0) is 19.9. The maximum atomic E-state index is 12.9. The van der Waals surface area contributed by atoms with Crippen LogP contribution in [0.25, 0.3) is 0 Å². The molecule has 1 aliphatic heterocycles. The Bertz CT molecular complexity index is 690. The standard InChI is InChI=1S/C20H33N3O3S/c1-4-22(5-2)15-9-11-17(3)21-20(24)19-14-10-16-23(19)27(25,26)18-12-7-6-8-13-18/h6-8,12-13,17,19H,4-5,9-11,14-16H2,1-3H3,(H,21,24). The molecule has 0 aromatic heterocycles. The van der Waals surface area contributed by atoms with E-state index in [1.54, 1.807) is 30.3 Å². The van der Waals surface area contributed by atoms with E-state index in [1.807, 2.05) is 6.92 Å². The summed E-state index contributed by atoms with van der Waals surface area (Å²) >= 11 is 0. The first-order valence-electron chi connectivity index (χ1n) is 9.99. The lowest BCUT2D eigenvalue weighted by Gasteiger charge is -2.25. The summed E-state index contributed by atoms with van der Waals surface area (Å²) in [5.74, 6) is -0.178. The molecule has 0 spiro atoms. The minimum atomic E-state index is -3.64. The van der Waals surface area contributed by atoms with E-state index in [-0.39, 0.29) is 16.8 Å². The molecule has 1 saturated heterocycles. The average Bonchev–Trinajstić information content (AvgIpc) is 3.17. The highest BCUT2D eigenvalue weighted by atomic mass is 32.2. The SMILES string of the molecule is CCN(CC)CCCC(C)NC(=O)C1CCCN1S(=O)(=O)c1ccccc1. The lowest BCUT2D eigenvalue weighted by molar-refractivity contribution is -0.124. The van der Waals surface area contributed by atoms with Gasteiger partial charge in [-0.05, 0) is 64.4 Å². The zero-order valence-electron chi connectivity index (χ0n) is 16.7. The van der Waals surface area contributed by atoms with E-state index in [2.05, 4.69) is 24.1 Å². The molecule has 6 nitrogen and oxygen atoms in total. The van der Waals surface area contributed by atoms with Crippen molar-refractivity contribution >= 4 is 15.9 Å². The van der Waals surface area contributed by atoms with E-state index in [0.717, 1.165) is 32.5 Å². The maximum absolute atomic E-state index is 12.9. The lowest BCUT2D eigenvalue weighted by Crippen LogP contribution is -2.48. The topological polar surface area (TPSA) is 69.7 Å². The van der Waals surface area contributed by atoms with Crippen molar-refractivity contribution in [3.63, 3.8) is 0 Å². The van der Waals surface area contributed by atoms with Gasteiger partial charge in [0.2, 0.25) is 15.9 Å². The fourth-order valence-electron chi connectivity index (χ4n) is 3.59. The number of nitrogens with one attached hydrogen (secondary N) is 1. The van der Waals surface area contributed by atoms with Crippen LogP contribution in [0.1, 0.15) is 46.5 Å². The molecule has 2 atom stereocenters. The minimum Gasteiger partial charge on any atom is -0.352 e. The Balaban J connectivity index is 1.93. The summed E-state index contributed by atoms with van der Waals surface area (Å²) in [4.78, 5) is 15.3. The Morgan fingerprint density at radius 2 is 1.93 bits per heavy atom. The van der Waals surface area contributed by atoms with Crippen LogP contribution in [0.15, 0.2) is 35.2 Å². The van der Waals surface area contributed by atoms with Crippen LogP contribution in [0.2, 0.25) is 0 Å². The summed E-state index contributed by atoms with van der Waals surface area (Å²) in [6.07, 6.45) is 3.19. The van der Waals surface area contributed by atoms with E-state index in [1.165, 1.54) is 4.31 Å². The molecule has 2 rings (SSSR count). The molecule has 152 valence electrons. The summed E-state index contributed by atoms with van der Waals surface area (Å²) in [5.41, 5.74) is 0. The molecule has 1 heterocycles. The Morgan fingerprint density at radius 3 is 2.56 bits per heavy atom. The van der Waals surface area contributed by atoms with Crippen molar-refractivity contribution < 1.29 is 13.2 Å². The number of hydrogen-bond donors (Lipinski definition) is 1. The van der Waals surface area contributed by atoms with Gasteiger partial charge in [-0.1, -0.05) is 32.0 Å². The predicted molar refractivity (Wildman–Crippen MR) is 108 cm³/mol. The Hall–Kier alpha value is -1.44. The second-order valence-electron chi connectivity index (χ2n) is 7.17. The van der Waals surface area contributed by atoms with Gasteiger partial charge in [0.15, 0.2) is 0 Å². The van der Waals surface area contributed by atoms with Gasteiger partial charge < -0.3 is 10.2 Å². The largest absolute Gasteiger partial charge is 0.352 e. The van der Waals surface area contributed by atoms with E-state index in [0.29, 0.717) is 19.4 Å². The van der Waals surface area contributed by atoms with Crippen molar-refractivity contribution in [3.05, 3.63) is 30.3 Å². The van der Waals surface area contributed by atoms with Crippen molar-refractivity contribution in [2.75, 3.05) is 26.2 Å². The van der Waals surface area contributed by atoms with E-state index >= 15 is 0 Å². The van der Waals surface area contributed by atoms with E-state index in [9.17, 15) is 13.2 Å². The van der Waals surface area contributed by atoms with E-state index < -0.39 is 16.1 Å². The van der Waals surface area contributed by atoms with Crippen LogP contribution in [0.5, 0.6) is 0 Å². The Morgan fingerprint density at radius 1 is 1.26 bits per heavy atom. The van der Waals surface area contributed by atoms with Crippen LogP contribution in [-0.2, 0) is 14.8 Å². The molecule has 1 fully saturated rings. The van der Waals surface area contributed by atoms with Gasteiger partial charge in [0, 0.05) is 12.6 Å². The number of nitrogens with zero attached hydrogens (tertiary/aromatic N) is 2. The quantitative estimate of drug-likeness (QED) is 0.661. The summed E-state index contributed by atoms with van der Waals surface area (Å²) < 4.78 is 27.1. The lowest BCUT2D eigenvalue weighted by atomic mass is 10.1. The second kappa shape index (κ2) is 10.2. The smallest absolute Gasteiger partial charge is 0.243 e. The highest BCUT2D eigenvalue weighted by molar-refractivity contribution is 7.89. The third kappa shape index (κ3) is 5.77. The first-order valence-corrected chi connectivity index (χ1v) is 11.4. The normalized spacial score (nSPS) is 19.3. The third-order valence-electron chi connectivity index (χ3n) is 5.25. The zero-order valence-corrected chi connectivity index (χ0v) is 17.5. The number of sulfonamides is 1. The monoisotopic (exact) mass is 395 g/mol. The third-order valence-corrected chi connectivity index (χ3v) is 7.17. The minimum absolute atomic E-state index is 0.0370. The molecule has 27 heavy (non-hydrogen) atoms. The molecule has 1 N–H and O–H groups in total. The van der Waals surface area contributed by atoms with Gasteiger partial charge in [0.25, 0.3) is 0 Å². The molecular formula is C20H33N3O3S. The van der Waals surface area contributed by atoms with Gasteiger partial charge in [-0.2, -0.15) is 4.31 Å². The molecule has 1 aliphatic rings. The number of hydrogen-bond acceptors (Lipinski definition) is 4. The summed E-state index contributed by atoms with van der Waals surface area (Å²) in [6.45, 7) is 9.77. The van der Waals surface area contributed by atoms with Crippen LogP contribution >= 0.6 is 0 Å². The van der Waals surface area contributed by atoms with Gasteiger partial charge in [-0.15, -0.1) is 0 Å². The summed E-state index contributed by atoms with van der Waals surface area (Å²) in [5, 5.41) is 3.02. The summed E-state index contributed by atoms with van der Waals surface area (Å²) in [6, 6.07) is 7.78. The molecule has 0 radical (unpaired) electrons. The molecule has 0 saturated carbocycles. The number of carbonyl (C=O) groups is 1. The highest BCUT2D eigenvalue weighted by Gasteiger charge is 2.39. The van der Waals surface area contributed by atoms with Gasteiger partial charge in [0.05, 0.1) is 4.90 Å². The maximum Gasteiger partial charge on any atom is 0.243 e. The first kappa shape index (κ1) is 21.9. The van der Waals surface area contributed by atoms with Gasteiger partial charge in [-0.3, -0.25) is 4.79 Å². The first-order chi connectivity index (χ1) is 12.9. The van der Waals surface area contributed by atoms with Gasteiger partial charge in [-0.25, -0.2) is 8.42 Å². The van der Waals surface area contributed by atoms with Crippen molar-refractivity contribution in [1.29, 1.82) is 0 Å². The number of carbonyl (C=O) groups excluding carboxylic acids is 1. The highest BCUT2D eigenvalue weighted by Crippen LogP contribution is 2.26. The van der Waals surface area contributed by atoms with Crippen molar-refractivity contribution in [2.24, 2.45) is 0 Å². The molecule has 1 aromatic rings. The van der Waals surface area contributed by atoms with Crippen LogP contribution in [0, 0.1) is 0 Å². The molecule has 0 aliphatic carbocycles. The number of amides is 1. The fraction of sp³-hybridized carbons (Fsp3) is 0.650. The summed E-state index contributed by atoms with van der Waals surface area (Å²) in [7, 11) is -3.64. The molecule has 0 bridgehead atoms. The van der Waals surface area contributed by atoms with Gasteiger partial charge in [0.1, 0.15) is 6.04 Å². The molecule has 7 heteroatoms. The van der Waals surface area contributed by atoms with Gasteiger partial charge >= 0.3 is 0 Å². The molecular weight excluding hydrogens is 362 g/mol. The van der Waals surface area contributed by atoms with Crippen molar-refractivity contribution in [3.8, 4) is 0 Å².